The molecule has 6 aromatic carbocycles. The van der Waals surface area contributed by atoms with Gasteiger partial charge in [0, 0.05) is 33.7 Å². The van der Waals surface area contributed by atoms with Crippen LogP contribution in [0.2, 0.25) is 0 Å². The molecule has 6 heteroatoms. The number of hydrogen-bond acceptors (Lipinski definition) is 5. The first-order valence-corrected chi connectivity index (χ1v) is 14.3. The Bertz CT molecular complexity index is 2990. The molecule has 0 bridgehead atoms. The van der Waals surface area contributed by atoms with Crippen molar-refractivity contribution in [3.05, 3.63) is 136 Å². The minimum atomic E-state index is -0.204. The van der Waals surface area contributed by atoms with Crippen molar-refractivity contribution < 1.29 is 13.3 Å². The van der Waals surface area contributed by atoms with E-state index in [4.69, 9.17) is 13.3 Å². The van der Waals surface area contributed by atoms with E-state index >= 15 is 0 Å². The molecular weight excluding hydrogens is 550 g/mol. The molecular formula is C38H19NO5. The summed E-state index contributed by atoms with van der Waals surface area (Å²) in [5, 5.41) is 5.85. The molecule has 4 heterocycles. The second-order valence-corrected chi connectivity index (χ2v) is 11.2. The first kappa shape index (κ1) is 23.4. The van der Waals surface area contributed by atoms with Gasteiger partial charge in [0.25, 0.3) is 0 Å². The van der Waals surface area contributed by atoms with E-state index in [9.17, 15) is 9.59 Å². The van der Waals surface area contributed by atoms with Crippen LogP contribution in [-0.2, 0) is 0 Å². The normalized spacial score (nSPS) is 12.3. The molecule has 0 saturated heterocycles. The van der Waals surface area contributed by atoms with E-state index in [1.807, 2.05) is 48.5 Å². The van der Waals surface area contributed by atoms with Gasteiger partial charge in [0.15, 0.2) is 5.58 Å². The minimum Gasteiger partial charge on any atom is -0.456 e. The van der Waals surface area contributed by atoms with Gasteiger partial charge in [-0.15, -0.1) is 0 Å². The Hall–Kier alpha value is -6.14. The van der Waals surface area contributed by atoms with Crippen LogP contribution >= 0.6 is 0 Å². The third kappa shape index (κ3) is 2.98. The van der Waals surface area contributed by atoms with Crippen molar-refractivity contribution in [3.63, 3.8) is 0 Å². The molecule has 0 amide bonds. The van der Waals surface area contributed by atoms with Gasteiger partial charge >= 0.3 is 0 Å². The summed E-state index contributed by atoms with van der Waals surface area (Å²) in [6.07, 6.45) is 0. The summed E-state index contributed by atoms with van der Waals surface area (Å²) in [7, 11) is 0. The summed E-state index contributed by atoms with van der Waals surface area (Å²) in [6.45, 7) is 0. The molecule has 0 N–H and O–H groups in total. The molecule has 4 aromatic heterocycles. The van der Waals surface area contributed by atoms with Gasteiger partial charge in [-0.2, -0.15) is 0 Å². The Balaban J connectivity index is 1.29. The van der Waals surface area contributed by atoms with Crippen LogP contribution in [0.1, 0.15) is 0 Å². The summed E-state index contributed by atoms with van der Waals surface area (Å²) in [5.41, 5.74) is 5.68. The quantitative estimate of drug-likeness (QED) is 0.184. The van der Waals surface area contributed by atoms with Gasteiger partial charge < -0.3 is 17.8 Å². The Labute approximate surface area is 246 Å². The van der Waals surface area contributed by atoms with E-state index in [0.717, 1.165) is 49.4 Å². The number of furan rings is 1. The van der Waals surface area contributed by atoms with Crippen molar-refractivity contribution in [2.45, 2.75) is 0 Å². The highest BCUT2D eigenvalue weighted by Crippen LogP contribution is 2.40. The van der Waals surface area contributed by atoms with Gasteiger partial charge in [0.1, 0.15) is 27.9 Å². The molecule has 0 unspecified atom stereocenters. The van der Waals surface area contributed by atoms with Crippen LogP contribution < -0.4 is 10.9 Å². The highest BCUT2D eigenvalue weighted by Gasteiger charge is 2.20. The zero-order valence-electron chi connectivity index (χ0n) is 23.0. The molecule has 10 rings (SSSR count). The summed E-state index contributed by atoms with van der Waals surface area (Å²) >= 11 is 0. The van der Waals surface area contributed by atoms with E-state index in [2.05, 4.69) is 34.9 Å². The van der Waals surface area contributed by atoms with Crippen molar-refractivity contribution in [2.24, 2.45) is 0 Å². The van der Waals surface area contributed by atoms with E-state index in [1.165, 1.54) is 0 Å². The predicted octanol–water partition coefficient (Wildman–Crippen LogP) is 9.20. The first-order valence-electron chi connectivity index (χ1n) is 14.3. The number of nitrogens with zero attached hydrogens (tertiary/aromatic N) is 1. The standard InChI is InChI=1S/C38H19NO5/c40-36-25-9-3-6-12-31(25)42-33-19-34-28(18-27(33)36)37(41)26-14-13-20(17-32(26)43-34)39-29-10-4-1-7-21(29)23-15-16-24-22-8-2-5-11-30(22)44-38(24)35(23)39/h1-19H. The lowest BCUT2D eigenvalue weighted by Crippen LogP contribution is -2.06. The maximum atomic E-state index is 13.8. The van der Waals surface area contributed by atoms with Crippen LogP contribution in [0.25, 0.3) is 93.3 Å². The molecule has 0 aliphatic carbocycles. The van der Waals surface area contributed by atoms with Crippen molar-refractivity contribution in [2.75, 3.05) is 0 Å². The van der Waals surface area contributed by atoms with Crippen LogP contribution in [-0.4, -0.2) is 4.57 Å². The van der Waals surface area contributed by atoms with E-state index in [1.54, 1.807) is 36.4 Å². The second-order valence-electron chi connectivity index (χ2n) is 11.2. The van der Waals surface area contributed by atoms with Gasteiger partial charge in [0.05, 0.1) is 38.3 Å². The maximum absolute atomic E-state index is 13.8. The molecule has 0 atom stereocenters. The lowest BCUT2D eigenvalue weighted by Gasteiger charge is -2.10. The molecule has 0 spiro atoms. The number of hydrogen-bond donors (Lipinski definition) is 0. The van der Waals surface area contributed by atoms with Crippen LogP contribution in [0.4, 0.5) is 0 Å². The zero-order valence-corrected chi connectivity index (χ0v) is 23.0. The van der Waals surface area contributed by atoms with Gasteiger partial charge in [-0.05, 0) is 48.5 Å². The number of aromatic nitrogens is 1. The van der Waals surface area contributed by atoms with Crippen molar-refractivity contribution in [3.8, 4) is 5.69 Å². The van der Waals surface area contributed by atoms with Crippen molar-refractivity contribution in [1.82, 2.24) is 4.57 Å². The Morgan fingerprint density at radius 3 is 1.77 bits per heavy atom. The Morgan fingerprint density at radius 2 is 0.977 bits per heavy atom. The molecule has 206 valence electrons. The minimum absolute atomic E-state index is 0.179. The monoisotopic (exact) mass is 569 g/mol. The average molecular weight is 570 g/mol. The van der Waals surface area contributed by atoms with Gasteiger partial charge in [-0.3, -0.25) is 9.59 Å². The van der Waals surface area contributed by atoms with Crippen molar-refractivity contribution >= 4 is 87.6 Å². The molecule has 0 saturated carbocycles. The third-order valence-corrected chi connectivity index (χ3v) is 8.79. The van der Waals surface area contributed by atoms with Crippen LogP contribution in [0.15, 0.2) is 138 Å². The van der Waals surface area contributed by atoms with E-state index in [0.29, 0.717) is 43.9 Å². The Kier molecular flexibility index (Phi) is 4.39. The number of fused-ring (bicyclic) bond motifs is 11. The lowest BCUT2D eigenvalue weighted by molar-refractivity contribution is 0.646. The molecule has 44 heavy (non-hydrogen) atoms. The van der Waals surface area contributed by atoms with Crippen LogP contribution in [0.5, 0.6) is 0 Å². The second kappa shape index (κ2) is 8.24. The molecule has 10 aromatic rings. The van der Waals surface area contributed by atoms with Crippen LogP contribution in [0.3, 0.4) is 0 Å². The largest absolute Gasteiger partial charge is 0.456 e. The number of benzene rings is 6. The predicted molar refractivity (Wildman–Crippen MR) is 175 cm³/mol. The Morgan fingerprint density at radius 1 is 0.409 bits per heavy atom. The summed E-state index contributed by atoms with van der Waals surface area (Å²) in [4.78, 5) is 27.0. The lowest BCUT2D eigenvalue weighted by atomic mass is 10.1. The zero-order chi connectivity index (χ0) is 29.1. The van der Waals surface area contributed by atoms with Gasteiger partial charge in [-0.1, -0.05) is 54.6 Å². The van der Waals surface area contributed by atoms with Crippen molar-refractivity contribution in [1.29, 1.82) is 0 Å². The fourth-order valence-corrected chi connectivity index (χ4v) is 6.78. The fourth-order valence-electron chi connectivity index (χ4n) is 6.78. The molecule has 0 radical (unpaired) electrons. The SMILES string of the molecule is O=c1c2ccccc2oc2cc3oc4cc(-n5c6ccccc6c6ccc7c8ccccc8oc7c65)ccc4c(=O)c3cc12. The van der Waals surface area contributed by atoms with Crippen LogP contribution in [0, 0.1) is 0 Å². The summed E-state index contributed by atoms with van der Waals surface area (Å²) in [6, 6.07) is 36.5. The molecule has 0 aliphatic rings. The highest BCUT2D eigenvalue weighted by molar-refractivity contribution is 6.21. The first-order chi connectivity index (χ1) is 21.6. The third-order valence-electron chi connectivity index (χ3n) is 8.79. The average Bonchev–Trinajstić information content (AvgIpc) is 3.60. The summed E-state index contributed by atoms with van der Waals surface area (Å²) in [5.74, 6) is 0. The fraction of sp³-hybridized carbons (Fsp3) is 0. The maximum Gasteiger partial charge on any atom is 0.200 e. The van der Waals surface area contributed by atoms with E-state index in [-0.39, 0.29) is 10.9 Å². The van der Waals surface area contributed by atoms with E-state index < -0.39 is 0 Å². The molecule has 0 fully saturated rings. The molecule has 0 aliphatic heterocycles. The number of para-hydroxylation sites is 3. The molecule has 6 nitrogen and oxygen atoms in total. The summed E-state index contributed by atoms with van der Waals surface area (Å²) < 4.78 is 21.1. The van der Waals surface area contributed by atoms with Gasteiger partial charge in [0.2, 0.25) is 10.9 Å². The number of rotatable bonds is 1. The van der Waals surface area contributed by atoms with Gasteiger partial charge in [-0.25, -0.2) is 0 Å². The smallest absolute Gasteiger partial charge is 0.200 e. The topological polar surface area (TPSA) is 78.5 Å². The highest BCUT2D eigenvalue weighted by atomic mass is 16.3.